The molecule has 0 fully saturated rings. The van der Waals surface area contributed by atoms with Crippen LogP contribution in [0, 0.1) is 0 Å². The lowest BCUT2D eigenvalue weighted by Gasteiger charge is -2.07. The zero-order chi connectivity index (χ0) is 15.6. The summed E-state index contributed by atoms with van der Waals surface area (Å²) < 4.78 is 24.7. The third kappa shape index (κ3) is 2.77. The molecule has 7 heteroatoms. The molecular weight excluding hydrogens is 296 g/mol. The van der Waals surface area contributed by atoms with Crippen molar-refractivity contribution < 1.29 is 28.2 Å². The Balaban J connectivity index is 2.64. The third-order valence-electron chi connectivity index (χ3n) is 2.82. The molecule has 0 aliphatic heterocycles. The van der Waals surface area contributed by atoms with Crippen molar-refractivity contribution >= 4 is 21.8 Å². The normalized spacial score (nSPS) is 11.0. The van der Waals surface area contributed by atoms with Gasteiger partial charge >= 0.3 is 11.9 Å². The number of carboxylic acids is 2. The van der Waals surface area contributed by atoms with Gasteiger partial charge in [0.15, 0.2) is 0 Å². The molecule has 0 atom stereocenters. The van der Waals surface area contributed by atoms with Gasteiger partial charge in [0.2, 0.25) is 9.84 Å². The molecule has 0 unspecified atom stereocenters. The number of sulfone groups is 1. The maximum absolute atomic E-state index is 12.3. The fourth-order valence-corrected chi connectivity index (χ4v) is 3.10. The van der Waals surface area contributed by atoms with Crippen molar-refractivity contribution in [3.63, 3.8) is 0 Å². The van der Waals surface area contributed by atoms with Crippen molar-refractivity contribution in [2.45, 2.75) is 9.79 Å². The molecule has 0 bridgehead atoms. The summed E-state index contributed by atoms with van der Waals surface area (Å²) in [5, 5.41) is 17.9. The SMILES string of the molecule is O=C(O)c1ccc(S(=O)(=O)c2ccccc2)cc1C(=O)O. The molecule has 0 amide bonds. The Bertz CT molecular complexity index is 809. The predicted octanol–water partition coefficient (Wildman–Crippen LogP) is 1.92. The molecule has 2 N–H and O–H groups in total. The molecule has 6 nitrogen and oxygen atoms in total. The standard InChI is InChI=1S/C14H10O6S/c15-13(16)11-7-6-10(8-12(11)14(17)18)21(19,20)9-4-2-1-3-5-9/h1-8H,(H,15,16)(H,17,18). The van der Waals surface area contributed by atoms with Gasteiger partial charge in [0.05, 0.1) is 20.9 Å². The van der Waals surface area contributed by atoms with E-state index in [-0.39, 0.29) is 9.79 Å². The fourth-order valence-electron chi connectivity index (χ4n) is 1.79. The van der Waals surface area contributed by atoms with Crippen LogP contribution in [0.1, 0.15) is 20.7 Å². The van der Waals surface area contributed by atoms with Gasteiger partial charge in [-0.2, -0.15) is 0 Å². The predicted molar refractivity (Wildman–Crippen MR) is 72.3 cm³/mol. The first-order valence-corrected chi connectivity index (χ1v) is 7.23. The molecule has 2 rings (SSSR count). The summed E-state index contributed by atoms with van der Waals surface area (Å²) >= 11 is 0. The number of benzene rings is 2. The van der Waals surface area contributed by atoms with Crippen molar-refractivity contribution in [1.29, 1.82) is 0 Å². The highest BCUT2D eigenvalue weighted by Crippen LogP contribution is 2.23. The number of carboxylic acid groups (broad SMARTS) is 2. The Labute approximate surface area is 120 Å². The van der Waals surface area contributed by atoms with Crippen LogP contribution in [-0.4, -0.2) is 30.6 Å². The van der Waals surface area contributed by atoms with E-state index in [4.69, 9.17) is 10.2 Å². The second-order valence-electron chi connectivity index (χ2n) is 4.13. The maximum Gasteiger partial charge on any atom is 0.336 e. The largest absolute Gasteiger partial charge is 0.478 e. The van der Waals surface area contributed by atoms with Gasteiger partial charge in [-0.05, 0) is 30.3 Å². The number of carbonyl (C=O) groups is 2. The third-order valence-corrected chi connectivity index (χ3v) is 4.58. The van der Waals surface area contributed by atoms with Crippen molar-refractivity contribution in [3.8, 4) is 0 Å². The molecule has 0 radical (unpaired) electrons. The fraction of sp³-hybridized carbons (Fsp3) is 0. The van der Waals surface area contributed by atoms with Crippen molar-refractivity contribution in [2.75, 3.05) is 0 Å². The Morgan fingerprint density at radius 3 is 1.86 bits per heavy atom. The molecule has 2 aromatic carbocycles. The first-order valence-electron chi connectivity index (χ1n) is 5.75. The van der Waals surface area contributed by atoms with Gasteiger partial charge in [0.1, 0.15) is 0 Å². The van der Waals surface area contributed by atoms with Crippen LogP contribution < -0.4 is 0 Å². The molecule has 0 aromatic heterocycles. The minimum Gasteiger partial charge on any atom is -0.478 e. The Morgan fingerprint density at radius 1 is 0.762 bits per heavy atom. The highest BCUT2D eigenvalue weighted by Gasteiger charge is 2.22. The molecule has 2 aromatic rings. The summed E-state index contributed by atoms with van der Waals surface area (Å²) in [7, 11) is -3.89. The Morgan fingerprint density at radius 2 is 1.33 bits per heavy atom. The summed E-state index contributed by atoms with van der Waals surface area (Å²) in [6.07, 6.45) is 0. The molecule has 21 heavy (non-hydrogen) atoms. The van der Waals surface area contributed by atoms with Gasteiger partial charge in [-0.1, -0.05) is 18.2 Å². The minimum absolute atomic E-state index is 0.00409. The van der Waals surface area contributed by atoms with Crippen LogP contribution in [0.2, 0.25) is 0 Å². The van der Waals surface area contributed by atoms with Gasteiger partial charge in [-0.25, -0.2) is 18.0 Å². The second-order valence-corrected chi connectivity index (χ2v) is 6.08. The summed E-state index contributed by atoms with van der Waals surface area (Å²) in [5.41, 5.74) is -1.03. The van der Waals surface area contributed by atoms with Gasteiger partial charge in [-0.15, -0.1) is 0 Å². The molecule has 0 aliphatic rings. The number of hydrogen-bond acceptors (Lipinski definition) is 4. The average molecular weight is 306 g/mol. The van der Waals surface area contributed by atoms with Gasteiger partial charge in [0.25, 0.3) is 0 Å². The minimum atomic E-state index is -3.89. The first kappa shape index (κ1) is 14.7. The number of hydrogen-bond donors (Lipinski definition) is 2. The van der Waals surface area contributed by atoms with E-state index in [2.05, 4.69) is 0 Å². The highest BCUT2D eigenvalue weighted by atomic mass is 32.2. The van der Waals surface area contributed by atoms with Crippen molar-refractivity contribution in [1.82, 2.24) is 0 Å². The first-order chi connectivity index (χ1) is 9.84. The van der Waals surface area contributed by atoms with E-state index in [9.17, 15) is 18.0 Å². The maximum atomic E-state index is 12.3. The van der Waals surface area contributed by atoms with E-state index >= 15 is 0 Å². The summed E-state index contributed by atoms with van der Waals surface area (Å²) in [4.78, 5) is 21.8. The van der Waals surface area contributed by atoms with Gasteiger partial charge in [-0.3, -0.25) is 0 Å². The quantitative estimate of drug-likeness (QED) is 0.893. The molecule has 0 spiro atoms. The van der Waals surface area contributed by atoms with E-state index < -0.39 is 32.9 Å². The smallest absolute Gasteiger partial charge is 0.336 e. The van der Waals surface area contributed by atoms with E-state index in [1.807, 2.05) is 0 Å². The van der Waals surface area contributed by atoms with Crippen LogP contribution in [0.15, 0.2) is 58.3 Å². The topological polar surface area (TPSA) is 109 Å². The molecule has 0 saturated heterocycles. The van der Waals surface area contributed by atoms with Crippen LogP contribution in [0.5, 0.6) is 0 Å². The van der Waals surface area contributed by atoms with Crippen LogP contribution in [0.4, 0.5) is 0 Å². The van der Waals surface area contributed by atoms with Crippen LogP contribution in [0.25, 0.3) is 0 Å². The monoisotopic (exact) mass is 306 g/mol. The van der Waals surface area contributed by atoms with Crippen LogP contribution in [0.3, 0.4) is 0 Å². The van der Waals surface area contributed by atoms with Crippen molar-refractivity contribution in [3.05, 3.63) is 59.7 Å². The average Bonchev–Trinajstić information content (AvgIpc) is 2.47. The van der Waals surface area contributed by atoms with E-state index in [1.165, 1.54) is 24.3 Å². The number of rotatable bonds is 4. The summed E-state index contributed by atoms with van der Waals surface area (Å²) in [6, 6.07) is 10.4. The van der Waals surface area contributed by atoms with E-state index in [0.717, 1.165) is 18.2 Å². The van der Waals surface area contributed by atoms with E-state index in [0.29, 0.717) is 0 Å². The summed E-state index contributed by atoms with van der Waals surface area (Å²) in [5.74, 6) is -2.94. The molecule has 108 valence electrons. The lowest BCUT2D eigenvalue weighted by atomic mass is 10.1. The van der Waals surface area contributed by atoms with Gasteiger partial charge in [0, 0.05) is 0 Å². The molecule has 0 saturated carbocycles. The zero-order valence-corrected chi connectivity index (χ0v) is 11.4. The van der Waals surface area contributed by atoms with Crippen molar-refractivity contribution in [2.24, 2.45) is 0 Å². The highest BCUT2D eigenvalue weighted by molar-refractivity contribution is 7.91. The Hall–Kier alpha value is -2.67. The van der Waals surface area contributed by atoms with Gasteiger partial charge < -0.3 is 10.2 Å². The zero-order valence-electron chi connectivity index (χ0n) is 10.6. The number of aromatic carboxylic acids is 2. The lowest BCUT2D eigenvalue weighted by molar-refractivity contribution is 0.0651. The Kier molecular flexibility index (Phi) is 3.77. The van der Waals surface area contributed by atoms with Crippen LogP contribution in [-0.2, 0) is 9.84 Å². The van der Waals surface area contributed by atoms with E-state index in [1.54, 1.807) is 6.07 Å². The molecule has 0 aliphatic carbocycles. The summed E-state index contributed by atoms with van der Waals surface area (Å²) in [6.45, 7) is 0. The molecule has 0 heterocycles. The molecular formula is C14H10O6S. The van der Waals surface area contributed by atoms with Crippen LogP contribution >= 0.6 is 0 Å². The second kappa shape index (κ2) is 5.37. The lowest BCUT2D eigenvalue weighted by Crippen LogP contribution is -2.10.